The fourth-order valence-electron chi connectivity index (χ4n) is 2.59. The molecule has 2 aliphatic heterocycles. The molecule has 0 amide bonds. The van der Waals surface area contributed by atoms with Crippen molar-refractivity contribution in [2.24, 2.45) is 0 Å². The minimum absolute atomic E-state index is 0.620. The van der Waals surface area contributed by atoms with Crippen molar-refractivity contribution in [1.29, 1.82) is 0 Å². The van der Waals surface area contributed by atoms with Crippen LogP contribution in [0.15, 0.2) is 24.3 Å². The van der Waals surface area contributed by atoms with Crippen LogP contribution in [-0.4, -0.2) is 37.1 Å². The molecule has 17 heavy (non-hydrogen) atoms. The van der Waals surface area contributed by atoms with E-state index in [2.05, 4.69) is 39.8 Å². The molecule has 0 aliphatic carbocycles. The summed E-state index contributed by atoms with van der Waals surface area (Å²) in [4.78, 5) is 2.56. The van der Waals surface area contributed by atoms with E-state index in [0.717, 1.165) is 19.6 Å². The summed E-state index contributed by atoms with van der Waals surface area (Å²) in [6.45, 7) is 5.82. The van der Waals surface area contributed by atoms with Crippen LogP contribution in [-0.2, 0) is 6.54 Å². The summed E-state index contributed by atoms with van der Waals surface area (Å²) in [5.41, 5.74) is 2.77. The van der Waals surface area contributed by atoms with Gasteiger partial charge in [-0.15, -0.1) is 0 Å². The largest absolute Gasteiger partial charge is 0.379 e. The molecule has 2 saturated heterocycles. The van der Waals surface area contributed by atoms with Crippen LogP contribution in [0.3, 0.4) is 0 Å². The van der Waals surface area contributed by atoms with Crippen molar-refractivity contribution in [3.63, 3.8) is 0 Å². The predicted octanol–water partition coefficient (Wildman–Crippen LogP) is 1.67. The van der Waals surface area contributed by atoms with Crippen molar-refractivity contribution in [2.45, 2.75) is 25.4 Å². The second-order valence-electron chi connectivity index (χ2n) is 5.14. The summed E-state index contributed by atoms with van der Waals surface area (Å²) in [5, 5.41) is 6.93. The number of anilines is 1. The lowest BCUT2D eigenvalue weighted by atomic mass is 10.1. The van der Waals surface area contributed by atoms with Crippen molar-refractivity contribution in [3.8, 4) is 0 Å². The van der Waals surface area contributed by atoms with E-state index in [1.165, 1.54) is 37.2 Å². The van der Waals surface area contributed by atoms with Crippen molar-refractivity contribution < 1.29 is 0 Å². The standard InChI is InChI=1S/C14H21N3/c1-2-6-14(16-13-9-15-10-13)12(5-1)11-17-7-3-4-8-17/h1-2,5-6,13,15-16H,3-4,7-11H2. The molecular formula is C14H21N3. The number of likely N-dealkylation sites (tertiary alicyclic amines) is 1. The molecule has 0 unspecified atom stereocenters. The van der Waals surface area contributed by atoms with E-state index < -0.39 is 0 Å². The van der Waals surface area contributed by atoms with Crippen molar-refractivity contribution >= 4 is 5.69 Å². The highest BCUT2D eigenvalue weighted by Gasteiger charge is 2.18. The molecule has 0 bridgehead atoms. The molecule has 2 N–H and O–H groups in total. The van der Waals surface area contributed by atoms with Crippen LogP contribution in [0.25, 0.3) is 0 Å². The Hall–Kier alpha value is -1.06. The third kappa shape index (κ3) is 2.61. The quantitative estimate of drug-likeness (QED) is 0.825. The van der Waals surface area contributed by atoms with E-state index in [9.17, 15) is 0 Å². The second kappa shape index (κ2) is 5.07. The van der Waals surface area contributed by atoms with Crippen LogP contribution in [0, 0.1) is 0 Å². The molecule has 1 aromatic carbocycles. The first-order chi connectivity index (χ1) is 8.42. The van der Waals surface area contributed by atoms with E-state index >= 15 is 0 Å². The fourth-order valence-corrected chi connectivity index (χ4v) is 2.59. The number of hydrogen-bond donors (Lipinski definition) is 2. The molecule has 0 saturated carbocycles. The molecule has 0 atom stereocenters. The van der Waals surface area contributed by atoms with Gasteiger partial charge in [0.15, 0.2) is 0 Å². The molecule has 92 valence electrons. The minimum Gasteiger partial charge on any atom is -0.379 e. The van der Waals surface area contributed by atoms with Gasteiger partial charge >= 0.3 is 0 Å². The maximum Gasteiger partial charge on any atom is 0.0510 e. The lowest BCUT2D eigenvalue weighted by Gasteiger charge is -2.30. The van der Waals surface area contributed by atoms with E-state index in [0.29, 0.717) is 6.04 Å². The number of hydrogen-bond acceptors (Lipinski definition) is 3. The number of benzene rings is 1. The van der Waals surface area contributed by atoms with Gasteiger partial charge in [-0.2, -0.15) is 0 Å². The highest BCUT2D eigenvalue weighted by Crippen LogP contribution is 2.21. The van der Waals surface area contributed by atoms with Crippen molar-refractivity contribution in [2.75, 3.05) is 31.5 Å². The average Bonchev–Trinajstić information content (AvgIpc) is 2.78. The summed E-state index contributed by atoms with van der Waals surface area (Å²) >= 11 is 0. The zero-order chi connectivity index (χ0) is 11.5. The van der Waals surface area contributed by atoms with E-state index in [1.807, 2.05) is 0 Å². The molecule has 0 radical (unpaired) electrons. The van der Waals surface area contributed by atoms with Gasteiger partial charge in [0.05, 0.1) is 6.04 Å². The van der Waals surface area contributed by atoms with Gasteiger partial charge < -0.3 is 10.6 Å². The third-order valence-corrected chi connectivity index (χ3v) is 3.75. The first-order valence-corrected chi connectivity index (χ1v) is 6.69. The Morgan fingerprint density at radius 2 is 1.94 bits per heavy atom. The van der Waals surface area contributed by atoms with Crippen LogP contribution in [0.5, 0.6) is 0 Å². The van der Waals surface area contributed by atoms with E-state index in [1.54, 1.807) is 0 Å². The molecule has 2 aliphatic rings. The molecule has 1 aromatic rings. The van der Waals surface area contributed by atoms with Crippen LogP contribution >= 0.6 is 0 Å². The molecular weight excluding hydrogens is 210 g/mol. The van der Waals surface area contributed by atoms with Crippen LogP contribution in [0.2, 0.25) is 0 Å². The fraction of sp³-hybridized carbons (Fsp3) is 0.571. The summed E-state index contributed by atoms with van der Waals surface area (Å²) in [5.74, 6) is 0. The number of para-hydroxylation sites is 1. The zero-order valence-electron chi connectivity index (χ0n) is 10.3. The van der Waals surface area contributed by atoms with Gasteiger partial charge in [-0.3, -0.25) is 4.90 Å². The summed E-state index contributed by atoms with van der Waals surface area (Å²) in [6.07, 6.45) is 2.73. The van der Waals surface area contributed by atoms with Crippen molar-refractivity contribution in [3.05, 3.63) is 29.8 Å². The zero-order valence-corrected chi connectivity index (χ0v) is 10.3. The Balaban J connectivity index is 1.68. The molecule has 3 nitrogen and oxygen atoms in total. The van der Waals surface area contributed by atoms with Gasteiger partial charge in [0.2, 0.25) is 0 Å². The van der Waals surface area contributed by atoms with Gasteiger partial charge in [-0.05, 0) is 37.6 Å². The maximum atomic E-state index is 3.63. The highest BCUT2D eigenvalue weighted by atomic mass is 15.1. The number of nitrogens with zero attached hydrogens (tertiary/aromatic N) is 1. The van der Waals surface area contributed by atoms with Crippen LogP contribution < -0.4 is 10.6 Å². The first kappa shape index (κ1) is 11.1. The van der Waals surface area contributed by atoms with E-state index in [-0.39, 0.29) is 0 Å². The van der Waals surface area contributed by atoms with Crippen LogP contribution in [0.1, 0.15) is 18.4 Å². The first-order valence-electron chi connectivity index (χ1n) is 6.69. The van der Waals surface area contributed by atoms with Crippen molar-refractivity contribution in [1.82, 2.24) is 10.2 Å². The Bertz CT molecular complexity index is 367. The minimum atomic E-state index is 0.620. The van der Waals surface area contributed by atoms with Gasteiger partial charge in [0.1, 0.15) is 0 Å². The van der Waals surface area contributed by atoms with Gasteiger partial charge in [-0.1, -0.05) is 18.2 Å². The Kier molecular flexibility index (Phi) is 3.29. The molecule has 0 spiro atoms. The third-order valence-electron chi connectivity index (χ3n) is 3.75. The van der Waals surface area contributed by atoms with Gasteiger partial charge in [-0.25, -0.2) is 0 Å². The SMILES string of the molecule is c1ccc(NC2CNC2)c(CN2CCCC2)c1. The van der Waals surface area contributed by atoms with E-state index in [4.69, 9.17) is 0 Å². The average molecular weight is 231 g/mol. The number of nitrogens with one attached hydrogen (secondary N) is 2. The van der Waals surface area contributed by atoms with Crippen LogP contribution in [0.4, 0.5) is 5.69 Å². The highest BCUT2D eigenvalue weighted by molar-refractivity contribution is 5.52. The lowest BCUT2D eigenvalue weighted by Crippen LogP contribution is -2.51. The van der Waals surface area contributed by atoms with Gasteiger partial charge in [0, 0.05) is 25.3 Å². The molecule has 3 rings (SSSR count). The monoisotopic (exact) mass is 231 g/mol. The molecule has 0 aromatic heterocycles. The topological polar surface area (TPSA) is 27.3 Å². The summed E-state index contributed by atoms with van der Waals surface area (Å²) in [7, 11) is 0. The summed E-state index contributed by atoms with van der Waals surface area (Å²) in [6, 6.07) is 9.36. The predicted molar refractivity (Wildman–Crippen MR) is 71.2 cm³/mol. The molecule has 3 heteroatoms. The number of rotatable bonds is 4. The summed E-state index contributed by atoms with van der Waals surface area (Å²) < 4.78 is 0. The lowest BCUT2D eigenvalue weighted by molar-refractivity contribution is 0.331. The smallest absolute Gasteiger partial charge is 0.0510 e. The Morgan fingerprint density at radius 3 is 2.65 bits per heavy atom. The normalized spacial score (nSPS) is 21.4. The van der Waals surface area contributed by atoms with Gasteiger partial charge in [0.25, 0.3) is 0 Å². The Morgan fingerprint density at radius 1 is 1.18 bits per heavy atom. The molecule has 2 heterocycles. The maximum absolute atomic E-state index is 3.63. The second-order valence-corrected chi connectivity index (χ2v) is 5.14. The molecule has 2 fully saturated rings. The Labute approximate surface area is 103 Å².